The van der Waals surface area contributed by atoms with Crippen LogP contribution in [0, 0.1) is 6.92 Å². The van der Waals surface area contributed by atoms with Gasteiger partial charge in [-0.2, -0.15) is 18.3 Å². The first-order valence-electron chi connectivity index (χ1n) is 8.95. The van der Waals surface area contributed by atoms with Gasteiger partial charge in [0.2, 0.25) is 5.91 Å². The molecule has 0 bridgehead atoms. The minimum atomic E-state index is -4.75. The molecule has 1 aliphatic heterocycles. The maximum absolute atomic E-state index is 13.8. The Bertz CT molecular complexity index is 874. The van der Waals surface area contributed by atoms with Crippen molar-refractivity contribution < 1.29 is 22.8 Å². The molecule has 1 aliphatic rings. The standard InChI is InChI=1S/C19H21F3N4O2/c1-13-4-6-15(7-5-13)26-17(19(20,21)22)16(12-23-26)18(28)25-9-3-8-24(10-11-25)14(2)27/h4-7,12H,3,8-11H2,1-2H3. The SMILES string of the molecule is CC(=O)N1CCCN(C(=O)c2cnn(-c3ccc(C)cc3)c2C(F)(F)F)CC1. The molecule has 2 aromatic rings. The third-order valence-electron chi connectivity index (χ3n) is 4.78. The maximum atomic E-state index is 13.8. The number of aromatic nitrogens is 2. The number of alkyl halides is 3. The number of rotatable bonds is 2. The van der Waals surface area contributed by atoms with Crippen LogP contribution in [0.5, 0.6) is 0 Å². The van der Waals surface area contributed by atoms with Crippen LogP contribution in [0.1, 0.15) is 35.0 Å². The molecule has 1 aromatic carbocycles. The lowest BCUT2D eigenvalue weighted by Crippen LogP contribution is -2.37. The van der Waals surface area contributed by atoms with Crippen LogP contribution in [-0.4, -0.2) is 57.6 Å². The fourth-order valence-electron chi connectivity index (χ4n) is 3.27. The molecule has 2 amide bonds. The Kier molecular flexibility index (Phi) is 5.44. The summed E-state index contributed by atoms with van der Waals surface area (Å²) in [5.41, 5.74) is -0.436. The van der Waals surface area contributed by atoms with Gasteiger partial charge in [0, 0.05) is 33.1 Å². The van der Waals surface area contributed by atoms with Crippen molar-refractivity contribution in [3.63, 3.8) is 0 Å². The predicted molar refractivity (Wildman–Crippen MR) is 96.1 cm³/mol. The summed E-state index contributed by atoms with van der Waals surface area (Å²) < 4.78 is 42.2. The number of hydrogen-bond acceptors (Lipinski definition) is 3. The number of amides is 2. The molecule has 28 heavy (non-hydrogen) atoms. The molecule has 0 spiro atoms. The Morgan fingerprint density at radius 1 is 1.00 bits per heavy atom. The van der Waals surface area contributed by atoms with Crippen molar-refractivity contribution in [2.45, 2.75) is 26.4 Å². The lowest BCUT2D eigenvalue weighted by atomic mass is 10.2. The second-order valence-electron chi connectivity index (χ2n) is 6.80. The molecule has 0 aliphatic carbocycles. The highest BCUT2D eigenvalue weighted by molar-refractivity contribution is 5.95. The van der Waals surface area contributed by atoms with Gasteiger partial charge in [0.15, 0.2) is 5.69 Å². The van der Waals surface area contributed by atoms with Crippen molar-refractivity contribution >= 4 is 11.8 Å². The molecule has 0 N–H and O–H groups in total. The second-order valence-corrected chi connectivity index (χ2v) is 6.80. The van der Waals surface area contributed by atoms with Crippen LogP contribution >= 0.6 is 0 Å². The molecule has 0 radical (unpaired) electrons. The van der Waals surface area contributed by atoms with Gasteiger partial charge in [0.1, 0.15) is 0 Å². The molecule has 1 aromatic heterocycles. The first-order chi connectivity index (χ1) is 13.2. The van der Waals surface area contributed by atoms with E-state index in [0.29, 0.717) is 19.5 Å². The van der Waals surface area contributed by atoms with Crippen LogP contribution in [0.25, 0.3) is 5.69 Å². The van der Waals surface area contributed by atoms with Gasteiger partial charge in [-0.05, 0) is 25.5 Å². The topological polar surface area (TPSA) is 58.4 Å². The highest BCUT2D eigenvalue weighted by atomic mass is 19.4. The molecule has 150 valence electrons. The van der Waals surface area contributed by atoms with Crippen molar-refractivity contribution in [1.29, 1.82) is 0 Å². The Morgan fingerprint density at radius 3 is 2.21 bits per heavy atom. The Balaban J connectivity index is 1.94. The predicted octanol–water partition coefficient (Wildman–Crippen LogP) is 2.89. The van der Waals surface area contributed by atoms with E-state index in [4.69, 9.17) is 0 Å². The van der Waals surface area contributed by atoms with Crippen molar-refractivity contribution in [2.75, 3.05) is 26.2 Å². The lowest BCUT2D eigenvalue weighted by molar-refractivity contribution is -0.143. The summed E-state index contributed by atoms with van der Waals surface area (Å²) in [5.74, 6) is -0.839. The van der Waals surface area contributed by atoms with Gasteiger partial charge < -0.3 is 9.80 Å². The van der Waals surface area contributed by atoms with Gasteiger partial charge in [0.05, 0.1) is 17.4 Å². The summed E-state index contributed by atoms with van der Waals surface area (Å²) >= 11 is 0. The largest absolute Gasteiger partial charge is 0.434 e. The van der Waals surface area contributed by atoms with Crippen molar-refractivity contribution in [3.05, 3.63) is 47.3 Å². The zero-order chi connectivity index (χ0) is 20.5. The molecular formula is C19H21F3N4O2. The van der Waals surface area contributed by atoms with Gasteiger partial charge in [-0.3, -0.25) is 9.59 Å². The van der Waals surface area contributed by atoms with Crippen molar-refractivity contribution in [3.8, 4) is 5.69 Å². The van der Waals surface area contributed by atoms with Crippen LogP contribution in [0.4, 0.5) is 13.2 Å². The minimum Gasteiger partial charge on any atom is -0.341 e. The number of carbonyl (C=O) groups is 2. The summed E-state index contributed by atoms with van der Waals surface area (Å²) in [5, 5.41) is 3.85. The highest BCUT2D eigenvalue weighted by Gasteiger charge is 2.41. The number of nitrogens with zero attached hydrogens (tertiary/aromatic N) is 4. The second kappa shape index (κ2) is 7.65. The van der Waals surface area contributed by atoms with Crippen LogP contribution in [0.2, 0.25) is 0 Å². The average molecular weight is 394 g/mol. The van der Waals surface area contributed by atoms with Crippen LogP contribution in [0.3, 0.4) is 0 Å². The van der Waals surface area contributed by atoms with Gasteiger partial charge in [-0.1, -0.05) is 17.7 Å². The van der Waals surface area contributed by atoms with Gasteiger partial charge in [-0.25, -0.2) is 4.68 Å². The average Bonchev–Trinajstić information content (AvgIpc) is 2.93. The van der Waals surface area contributed by atoms with E-state index in [-0.39, 0.29) is 24.7 Å². The van der Waals surface area contributed by atoms with E-state index >= 15 is 0 Å². The monoisotopic (exact) mass is 394 g/mol. The summed E-state index contributed by atoms with van der Waals surface area (Å²) in [6.45, 7) is 4.52. The maximum Gasteiger partial charge on any atom is 0.434 e. The third kappa shape index (κ3) is 4.02. The first kappa shape index (κ1) is 19.9. The molecule has 6 nitrogen and oxygen atoms in total. The molecule has 3 rings (SSSR count). The zero-order valence-corrected chi connectivity index (χ0v) is 15.7. The minimum absolute atomic E-state index is 0.113. The molecule has 0 saturated carbocycles. The number of halogens is 3. The molecule has 0 atom stereocenters. The summed E-state index contributed by atoms with van der Waals surface area (Å²) in [7, 11) is 0. The van der Waals surface area contributed by atoms with Gasteiger partial charge in [0.25, 0.3) is 5.91 Å². The molecule has 2 heterocycles. The van der Waals surface area contributed by atoms with E-state index in [1.165, 1.54) is 24.0 Å². The number of benzene rings is 1. The van der Waals surface area contributed by atoms with E-state index in [9.17, 15) is 22.8 Å². The number of carbonyl (C=O) groups excluding carboxylic acids is 2. The fourth-order valence-corrected chi connectivity index (χ4v) is 3.27. The summed E-state index contributed by atoms with van der Waals surface area (Å²) in [6, 6.07) is 6.43. The third-order valence-corrected chi connectivity index (χ3v) is 4.78. The lowest BCUT2D eigenvalue weighted by Gasteiger charge is -2.22. The Morgan fingerprint density at radius 2 is 1.61 bits per heavy atom. The number of aryl methyl sites for hydroxylation is 1. The van der Waals surface area contributed by atoms with Gasteiger partial charge in [-0.15, -0.1) is 0 Å². The van der Waals surface area contributed by atoms with E-state index in [1.54, 1.807) is 17.0 Å². The van der Waals surface area contributed by atoms with E-state index < -0.39 is 23.3 Å². The van der Waals surface area contributed by atoms with Gasteiger partial charge >= 0.3 is 6.18 Å². The van der Waals surface area contributed by atoms with Crippen LogP contribution in [0.15, 0.2) is 30.5 Å². The summed E-state index contributed by atoms with van der Waals surface area (Å²) in [6.07, 6.45) is -3.26. The Hall–Kier alpha value is -2.84. The first-order valence-corrected chi connectivity index (χ1v) is 8.95. The Labute approximate surface area is 160 Å². The van der Waals surface area contributed by atoms with E-state index in [0.717, 1.165) is 16.4 Å². The number of hydrogen-bond donors (Lipinski definition) is 0. The van der Waals surface area contributed by atoms with Crippen molar-refractivity contribution in [2.24, 2.45) is 0 Å². The molecule has 0 unspecified atom stereocenters. The highest BCUT2D eigenvalue weighted by Crippen LogP contribution is 2.34. The molecule has 9 heteroatoms. The van der Waals surface area contributed by atoms with E-state index in [1.807, 2.05) is 6.92 Å². The van der Waals surface area contributed by atoms with Crippen LogP contribution in [-0.2, 0) is 11.0 Å². The molecule has 1 saturated heterocycles. The smallest absolute Gasteiger partial charge is 0.341 e. The molecule has 1 fully saturated rings. The quantitative estimate of drug-likeness (QED) is 0.787. The normalized spacial score (nSPS) is 15.5. The zero-order valence-electron chi connectivity index (χ0n) is 15.7. The van der Waals surface area contributed by atoms with E-state index in [2.05, 4.69) is 5.10 Å². The fraction of sp³-hybridized carbons (Fsp3) is 0.421. The van der Waals surface area contributed by atoms with Crippen molar-refractivity contribution in [1.82, 2.24) is 19.6 Å². The van der Waals surface area contributed by atoms with Crippen LogP contribution < -0.4 is 0 Å². The summed E-state index contributed by atoms with van der Waals surface area (Å²) in [4.78, 5) is 27.3. The molecular weight excluding hydrogens is 373 g/mol.